The van der Waals surface area contributed by atoms with E-state index in [0.717, 1.165) is 18.4 Å². The van der Waals surface area contributed by atoms with Crippen molar-refractivity contribution in [2.75, 3.05) is 7.05 Å². The molecule has 1 heterocycles. The molecule has 1 unspecified atom stereocenters. The summed E-state index contributed by atoms with van der Waals surface area (Å²) >= 11 is 0. The van der Waals surface area contributed by atoms with Crippen LogP contribution in [-0.2, 0) is 6.54 Å². The quantitative estimate of drug-likeness (QED) is 0.824. The Morgan fingerprint density at radius 2 is 2.29 bits per heavy atom. The van der Waals surface area contributed by atoms with Crippen LogP contribution in [0.3, 0.4) is 0 Å². The Balaban J connectivity index is 2.77. The third-order valence-corrected chi connectivity index (χ3v) is 2.97. The van der Waals surface area contributed by atoms with Crippen molar-refractivity contribution in [2.45, 2.75) is 39.3 Å². The second kappa shape index (κ2) is 6.35. The number of nitrogens with zero attached hydrogens (tertiary/aromatic N) is 2. The molecular formula is C13H20N2O2. The van der Waals surface area contributed by atoms with Gasteiger partial charge in [0.1, 0.15) is 0 Å². The van der Waals surface area contributed by atoms with Crippen LogP contribution in [0.5, 0.6) is 0 Å². The van der Waals surface area contributed by atoms with Crippen LogP contribution in [0.25, 0.3) is 0 Å². The van der Waals surface area contributed by atoms with E-state index >= 15 is 0 Å². The first-order valence-electron chi connectivity index (χ1n) is 5.93. The highest BCUT2D eigenvalue weighted by Crippen LogP contribution is 2.12. The molecule has 0 aliphatic carbocycles. The topological polar surface area (TPSA) is 53.4 Å². The minimum atomic E-state index is -0.961. The zero-order chi connectivity index (χ0) is 12.8. The summed E-state index contributed by atoms with van der Waals surface area (Å²) in [5.74, 6) is -0.961. The first kappa shape index (κ1) is 13.6. The van der Waals surface area contributed by atoms with E-state index in [0.29, 0.717) is 12.6 Å². The number of aromatic carboxylic acids is 1. The monoisotopic (exact) mass is 236 g/mol. The fourth-order valence-corrected chi connectivity index (χ4v) is 1.82. The number of aromatic nitrogens is 1. The summed E-state index contributed by atoms with van der Waals surface area (Å²) in [6, 6.07) is 4.05. The van der Waals surface area contributed by atoms with Crippen LogP contribution in [0, 0.1) is 0 Å². The van der Waals surface area contributed by atoms with E-state index < -0.39 is 5.97 Å². The van der Waals surface area contributed by atoms with Crippen LogP contribution in [-0.4, -0.2) is 34.0 Å². The van der Waals surface area contributed by atoms with Crippen LogP contribution < -0.4 is 0 Å². The highest BCUT2D eigenvalue weighted by atomic mass is 16.4. The number of pyridine rings is 1. The minimum Gasteiger partial charge on any atom is -0.477 e. The van der Waals surface area contributed by atoms with Crippen molar-refractivity contribution in [1.29, 1.82) is 0 Å². The van der Waals surface area contributed by atoms with E-state index in [1.54, 1.807) is 6.07 Å². The van der Waals surface area contributed by atoms with Gasteiger partial charge in [0.15, 0.2) is 5.69 Å². The Bertz CT molecular complexity index is 379. The van der Waals surface area contributed by atoms with Crippen molar-refractivity contribution in [2.24, 2.45) is 0 Å². The molecule has 0 aliphatic rings. The molecule has 0 saturated heterocycles. The summed E-state index contributed by atoms with van der Waals surface area (Å²) in [4.78, 5) is 17.1. The zero-order valence-electron chi connectivity index (χ0n) is 10.7. The number of rotatable bonds is 6. The van der Waals surface area contributed by atoms with Gasteiger partial charge in [0, 0.05) is 18.8 Å². The Morgan fingerprint density at radius 3 is 2.88 bits per heavy atom. The fourth-order valence-electron chi connectivity index (χ4n) is 1.82. The van der Waals surface area contributed by atoms with Crippen LogP contribution in [0.15, 0.2) is 18.3 Å². The van der Waals surface area contributed by atoms with Crippen LogP contribution in [0.2, 0.25) is 0 Å². The van der Waals surface area contributed by atoms with E-state index in [1.807, 2.05) is 13.1 Å². The van der Waals surface area contributed by atoms with Gasteiger partial charge in [0.05, 0.1) is 0 Å². The number of carboxylic acid groups (broad SMARTS) is 1. The molecule has 4 nitrogen and oxygen atoms in total. The van der Waals surface area contributed by atoms with E-state index in [4.69, 9.17) is 5.11 Å². The lowest BCUT2D eigenvalue weighted by Crippen LogP contribution is -2.29. The lowest BCUT2D eigenvalue weighted by atomic mass is 10.1. The van der Waals surface area contributed by atoms with Gasteiger partial charge in [-0.2, -0.15) is 0 Å². The Morgan fingerprint density at radius 1 is 1.59 bits per heavy atom. The van der Waals surface area contributed by atoms with Gasteiger partial charge in [-0.1, -0.05) is 19.4 Å². The van der Waals surface area contributed by atoms with Crippen molar-refractivity contribution in [3.05, 3.63) is 29.6 Å². The molecule has 4 heteroatoms. The zero-order valence-corrected chi connectivity index (χ0v) is 10.7. The maximum atomic E-state index is 11.0. The molecule has 94 valence electrons. The molecule has 17 heavy (non-hydrogen) atoms. The molecule has 1 N–H and O–H groups in total. The summed E-state index contributed by atoms with van der Waals surface area (Å²) in [5.41, 5.74) is 0.925. The van der Waals surface area contributed by atoms with Gasteiger partial charge < -0.3 is 5.11 Å². The van der Waals surface area contributed by atoms with Gasteiger partial charge in [-0.15, -0.1) is 0 Å². The summed E-state index contributed by atoms with van der Waals surface area (Å²) in [6.45, 7) is 4.92. The molecule has 0 fully saturated rings. The molecule has 0 amide bonds. The smallest absolute Gasteiger partial charge is 0.354 e. The number of hydrogen-bond donors (Lipinski definition) is 1. The maximum Gasteiger partial charge on any atom is 0.354 e. The molecule has 0 radical (unpaired) electrons. The van der Waals surface area contributed by atoms with Crippen molar-refractivity contribution in [3.63, 3.8) is 0 Å². The lowest BCUT2D eigenvalue weighted by Gasteiger charge is -2.24. The molecule has 0 saturated carbocycles. The average molecular weight is 236 g/mol. The minimum absolute atomic E-state index is 0.156. The largest absolute Gasteiger partial charge is 0.477 e. The SMILES string of the molecule is CCCC(C)N(C)Cc1cccnc1C(=O)O. The molecule has 0 aliphatic heterocycles. The summed E-state index contributed by atoms with van der Waals surface area (Å²) in [7, 11) is 2.01. The highest BCUT2D eigenvalue weighted by Gasteiger charge is 2.15. The highest BCUT2D eigenvalue weighted by molar-refractivity contribution is 5.86. The fraction of sp³-hybridized carbons (Fsp3) is 0.538. The van der Waals surface area contributed by atoms with E-state index in [2.05, 4.69) is 23.7 Å². The molecule has 1 rings (SSSR count). The van der Waals surface area contributed by atoms with Gasteiger partial charge in [0.25, 0.3) is 0 Å². The third-order valence-electron chi connectivity index (χ3n) is 2.97. The molecule has 0 bridgehead atoms. The van der Waals surface area contributed by atoms with Crippen molar-refractivity contribution < 1.29 is 9.90 Å². The molecular weight excluding hydrogens is 216 g/mol. The Kier molecular flexibility index (Phi) is 5.10. The normalized spacial score (nSPS) is 12.7. The van der Waals surface area contributed by atoms with Gasteiger partial charge in [-0.3, -0.25) is 4.90 Å². The van der Waals surface area contributed by atoms with Crippen molar-refractivity contribution in [3.8, 4) is 0 Å². The molecule has 0 spiro atoms. The van der Waals surface area contributed by atoms with E-state index in [9.17, 15) is 4.79 Å². The second-order valence-corrected chi connectivity index (χ2v) is 4.37. The number of carbonyl (C=O) groups is 1. The summed E-state index contributed by atoms with van der Waals surface area (Å²) in [5, 5.41) is 9.04. The molecule has 1 atom stereocenters. The maximum absolute atomic E-state index is 11.0. The first-order chi connectivity index (χ1) is 8.06. The van der Waals surface area contributed by atoms with E-state index in [-0.39, 0.29) is 5.69 Å². The van der Waals surface area contributed by atoms with Crippen LogP contribution in [0.4, 0.5) is 0 Å². The standard InChI is InChI=1S/C13H20N2O2/c1-4-6-10(2)15(3)9-11-7-5-8-14-12(11)13(16)17/h5,7-8,10H,4,6,9H2,1-3H3,(H,16,17). The second-order valence-electron chi connectivity index (χ2n) is 4.37. The predicted molar refractivity (Wildman–Crippen MR) is 67.0 cm³/mol. The molecule has 1 aromatic heterocycles. The van der Waals surface area contributed by atoms with Gasteiger partial charge in [0.2, 0.25) is 0 Å². The third kappa shape index (κ3) is 3.82. The van der Waals surface area contributed by atoms with Crippen molar-refractivity contribution in [1.82, 2.24) is 9.88 Å². The lowest BCUT2D eigenvalue weighted by molar-refractivity contribution is 0.0687. The number of carboxylic acids is 1. The Hall–Kier alpha value is -1.42. The van der Waals surface area contributed by atoms with Crippen LogP contribution >= 0.6 is 0 Å². The summed E-state index contributed by atoms with van der Waals surface area (Å²) in [6.07, 6.45) is 3.76. The first-order valence-corrected chi connectivity index (χ1v) is 5.93. The van der Waals surface area contributed by atoms with E-state index in [1.165, 1.54) is 6.20 Å². The summed E-state index contributed by atoms with van der Waals surface area (Å²) < 4.78 is 0. The number of hydrogen-bond acceptors (Lipinski definition) is 3. The Labute approximate surface area is 102 Å². The predicted octanol–water partition coefficient (Wildman–Crippen LogP) is 2.40. The van der Waals surface area contributed by atoms with Gasteiger partial charge in [-0.25, -0.2) is 9.78 Å². The average Bonchev–Trinajstić information content (AvgIpc) is 2.29. The van der Waals surface area contributed by atoms with Crippen LogP contribution in [0.1, 0.15) is 42.7 Å². The molecule has 1 aromatic rings. The van der Waals surface area contributed by atoms with Gasteiger partial charge in [-0.05, 0) is 32.0 Å². The van der Waals surface area contributed by atoms with Gasteiger partial charge >= 0.3 is 5.97 Å². The molecule has 0 aromatic carbocycles. The van der Waals surface area contributed by atoms with Crippen molar-refractivity contribution >= 4 is 5.97 Å².